The van der Waals surface area contributed by atoms with Crippen LogP contribution in [0.5, 0.6) is 0 Å². The van der Waals surface area contributed by atoms with Crippen molar-refractivity contribution in [3.8, 4) is 0 Å². The predicted molar refractivity (Wildman–Crippen MR) is 75.0 cm³/mol. The Labute approximate surface area is 115 Å². The summed E-state index contributed by atoms with van der Waals surface area (Å²) in [6, 6.07) is 0.281. The van der Waals surface area contributed by atoms with Crippen molar-refractivity contribution in [1.82, 2.24) is 19.7 Å². The van der Waals surface area contributed by atoms with Crippen LogP contribution in [0.25, 0.3) is 0 Å². The molecule has 0 saturated heterocycles. The van der Waals surface area contributed by atoms with Gasteiger partial charge in [-0.15, -0.1) is 0 Å². The van der Waals surface area contributed by atoms with Crippen molar-refractivity contribution in [2.24, 2.45) is 0 Å². The zero-order valence-corrected chi connectivity index (χ0v) is 12.5. The topological polar surface area (TPSA) is 54.2 Å². The third-order valence-corrected chi connectivity index (χ3v) is 4.49. The second-order valence-corrected chi connectivity index (χ2v) is 6.14. The number of nitrogens with zero attached hydrogens (tertiary/aromatic N) is 4. The maximum absolute atomic E-state index is 10.7. The van der Waals surface area contributed by atoms with Crippen LogP contribution < -0.4 is 0 Å². The average molecular weight is 266 g/mol. The van der Waals surface area contributed by atoms with Crippen LogP contribution >= 0.6 is 0 Å². The lowest BCUT2D eigenvalue weighted by Crippen LogP contribution is -2.52. The van der Waals surface area contributed by atoms with E-state index in [0.29, 0.717) is 6.42 Å². The van der Waals surface area contributed by atoms with Crippen molar-refractivity contribution in [1.29, 1.82) is 0 Å². The van der Waals surface area contributed by atoms with Gasteiger partial charge in [-0.2, -0.15) is 5.10 Å². The molecule has 19 heavy (non-hydrogen) atoms. The first kappa shape index (κ1) is 14.5. The van der Waals surface area contributed by atoms with E-state index in [0.717, 1.165) is 18.7 Å². The van der Waals surface area contributed by atoms with E-state index in [1.165, 1.54) is 12.8 Å². The second-order valence-electron chi connectivity index (χ2n) is 6.14. The molecule has 5 heteroatoms. The van der Waals surface area contributed by atoms with Gasteiger partial charge in [0.25, 0.3) is 0 Å². The molecule has 1 aliphatic carbocycles. The summed E-state index contributed by atoms with van der Waals surface area (Å²) in [4.78, 5) is 6.51. The fraction of sp³-hybridized carbons (Fsp3) is 0.857. The largest absolute Gasteiger partial charge is 0.391 e. The molecule has 1 N–H and O–H groups in total. The van der Waals surface area contributed by atoms with Crippen molar-refractivity contribution >= 4 is 0 Å². The second kappa shape index (κ2) is 5.59. The van der Waals surface area contributed by atoms with Crippen LogP contribution in [-0.4, -0.2) is 50.5 Å². The highest BCUT2D eigenvalue weighted by Gasteiger charge is 2.42. The van der Waals surface area contributed by atoms with Gasteiger partial charge in [0.2, 0.25) is 0 Å². The van der Waals surface area contributed by atoms with Gasteiger partial charge in [0.1, 0.15) is 12.2 Å². The summed E-state index contributed by atoms with van der Waals surface area (Å²) in [5.41, 5.74) is -0.0895. The van der Waals surface area contributed by atoms with Gasteiger partial charge < -0.3 is 10.0 Å². The average Bonchev–Trinajstić information content (AvgIpc) is 2.97. The van der Waals surface area contributed by atoms with Crippen molar-refractivity contribution in [3.63, 3.8) is 0 Å². The Kier molecular flexibility index (Phi) is 4.26. The Morgan fingerprint density at radius 1 is 1.37 bits per heavy atom. The van der Waals surface area contributed by atoms with E-state index in [9.17, 15) is 5.11 Å². The third kappa shape index (κ3) is 2.67. The zero-order valence-electron chi connectivity index (χ0n) is 12.5. The molecule has 0 radical (unpaired) electrons. The summed E-state index contributed by atoms with van der Waals surface area (Å²) < 4.78 is 1.90. The lowest BCUT2D eigenvalue weighted by Gasteiger charge is -2.40. The highest BCUT2D eigenvalue weighted by Crippen LogP contribution is 2.37. The Hall–Kier alpha value is -0.940. The van der Waals surface area contributed by atoms with Crippen molar-refractivity contribution < 1.29 is 5.11 Å². The molecule has 0 aromatic carbocycles. The van der Waals surface area contributed by atoms with E-state index in [2.05, 4.69) is 42.9 Å². The molecule has 1 fully saturated rings. The number of hydrogen-bond donors (Lipinski definition) is 1. The molecule has 0 bridgehead atoms. The molecule has 1 heterocycles. The molecule has 1 aliphatic rings. The monoisotopic (exact) mass is 266 g/mol. The lowest BCUT2D eigenvalue weighted by atomic mass is 9.87. The SMILES string of the molecule is CC(C)n1ncnc1CC(O)C1(N(C)C)CCCC1. The highest BCUT2D eigenvalue weighted by atomic mass is 16.3. The first-order valence-electron chi connectivity index (χ1n) is 7.21. The Bertz CT molecular complexity index is 407. The first-order chi connectivity index (χ1) is 8.97. The summed E-state index contributed by atoms with van der Waals surface area (Å²) in [7, 11) is 4.14. The van der Waals surface area contributed by atoms with Gasteiger partial charge in [0.05, 0.1) is 6.10 Å². The van der Waals surface area contributed by atoms with Crippen LogP contribution in [0.15, 0.2) is 6.33 Å². The number of likely N-dealkylation sites (N-methyl/N-ethyl adjacent to an activating group) is 1. The van der Waals surface area contributed by atoms with Crippen molar-refractivity contribution in [2.45, 2.75) is 63.6 Å². The van der Waals surface area contributed by atoms with Gasteiger partial charge in [0, 0.05) is 18.0 Å². The van der Waals surface area contributed by atoms with Crippen LogP contribution in [-0.2, 0) is 6.42 Å². The smallest absolute Gasteiger partial charge is 0.138 e. The number of rotatable bonds is 5. The van der Waals surface area contributed by atoms with Gasteiger partial charge in [-0.25, -0.2) is 9.67 Å². The summed E-state index contributed by atoms with van der Waals surface area (Å²) in [6.07, 6.45) is 6.31. The quantitative estimate of drug-likeness (QED) is 0.880. The van der Waals surface area contributed by atoms with Crippen molar-refractivity contribution in [2.75, 3.05) is 14.1 Å². The molecule has 2 rings (SSSR count). The van der Waals surface area contributed by atoms with E-state index in [-0.39, 0.29) is 17.7 Å². The minimum Gasteiger partial charge on any atom is -0.391 e. The van der Waals surface area contributed by atoms with Crippen LogP contribution in [0.3, 0.4) is 0 Å². The molecular weight excluding hydrogens is 240 g/mol. The molecule has 0 amide bonds. The molecule has 1 aromatic heterocycles. The van der Waals surface area contributed by atoms with Crippen LogP contribution in [0.2, 0.25) is 0 Å². The van der Waals surface area contributed by atoms with Crippen molar-refractivity contribution in [3.05, 3.63) is 12.2 Å². The normalized spacial score (nSPS) is 20.4. The van der Waals surface area contributed by atoms with Crippen LogP contribution in [0, 0.1) is 0 Å². The maximum Gasteiger partial charge on any atom is 0.138 e. The summed E-state index contributed by atoms with van der Waals surface area (Å²) >= 11 is 0. The van der Waals surface area contributed by atoms with Crippen LogP contribution in [0.1, 0.15) is 51.4 Å². The minimum absolute atomic E-state index is 0.0895. The fourth-order valence-electron chi connectivity index (χ4n) is 3.28. The molecule has 5 nitrogen and oxygen atoms in total. The van der Waals surface area contributed by atoms with Gasteiger partial charge in [-0.05, 0) is 40.8 Å². The predicted octanol–water partition coefficient (Wildman–Crippen LogP) is 1.64. The van der Waals surface area contributed by atoms with E-state index in [4.69, 9.17) is 0 Å². The number of aromatic nitrogens is 3. The molecule has 1 saturated carbocycles. The van der Waals surface area contributed by atoms with Crippen LogP contribution in [0.4, 0.5) is 0 Å². The third-order valence-electron chi connectivity index (χ3n) is 4.49. The molecule has 1 aromatic rings. The fourth-order valence-corrected chi connectivity index (χ4v) is 3.28. The maximum atomic E-state index is 10.7. The molecule has 0 spiro atoms. The first-order valence-corrected chi connectivity index (χ1v) is 7.21. The lowest BCUT2D eigenvalue weighted by molar-refractivity contribution is -0.00427. The van der Waals surface area contributed by atoms with E-state index in [1.807, 2.05) is 4.68 Å². The Morgan fingerprint density at radius 2 is 2.00 bits per heavy atom. The minimum atomic E-state index is -0.383. The van der Waals surface area contributed by atoms with Gasteiger partial charge >= 0.3 is 0 Å². The molecule has 0 aliphatic heterocycles. The summed E-state index contributed by atoms with van der Waals surface area (Å²) in [6.45, 7) is 4.17. The molecular formula is C14H26N4O. The summed E-state index contributed by atoms with van der Waals surface area (Å²) in [5, 5.41) is 15.0. The van der Waals surface area contributed by atoms with E-state index in [1.54, 1.807) is 6.33 Å². The number of hydrogen-bond acceptors (Lipinski definition) is 4. The molecule has 1 atom stereocenters. The van der Waals surface area contributed by atoms with Gasteiger partial charge in [-0.3, -0.25) is 0 Å². The summed E-state index contributed by atoms with van der Waals surface area (Å²) in [5.74, 6) is 0.885. The number of aliphatic hydroxyl groups excluding tert-OH is 1. The Balaban J connectivity index is 2.15. The van der Waals surface area contributed by atoms with Gasteiger partial charge in [0.15, 0.2) is 0 Å². The van der Waals surface area contributed by atoms with E-state index < -0.39 is 0 Å². The zero-order chi connectivity index (χ0) is 14.0. The Morgan fingerprint density at radius 3 is 2.53 bits per heavy atom. The van der Waals surface area contributed by atoms with Gasteiger partial charge in [-0.1, -0.05) is 12.8 Å². The highest BCUT2D eigenvalue weighted by molar-refractivity contribution is 5.03. The molecule has 108 valence electrons. The van der Waals surface area contributed by atoms with E-state index >= 15 is 0 Å². The molecule has 1 unspecified atom stereocenters. The standard InChI is InChI=1S/C14H26N4O/c1-11(2)18-13(15-10-16-18)9-12(19)14(17(3)4)7-5-6-8-14/h10-12,19H,5-9H2,1-4H3. The number of aliphatic hydroxyl groups is 1.